The number of nitro groups is 1. The molecule has 0 fully saturated rings. The summed E-state index contributed by atoms with van der Waals surface area (Å²) >= 11 is 0. The zero-order chi connectivity index (χ0) is 17.4. The molecule has 1 N–H and O–H groups in total. The van der Waals surface area contributed by atoms with Crippen molar-refractivity contribution in [3.8, 4) is 0 Å². The molecule has 0 spiro atoms. The van der Waals surface area contributed by atoms with Gasteiger partial charge in [0.25, 0.3) is 11.6 Å². The van der Waals surface area contributed by atoms with E-state index in [0.717, 1.165) is 0 Å². The number of ether oxygens (including phenoxy) is 1. The van der Waals surface area contributed by atoms with E-state index in [-0.39, 0.29) is 30.2 Å². The Hall–Kier alpha value is -2.70. The smallest absolute Gasteiger partial charge is 0.331 e. The van der Waals surface area contributed by atoms with Crippen LogP contribution in [0, 0.1) is 16.0 Å². The SMILES string of the molecule is CC(C)[C@H](C)NC(=O)COC(=O)/C=C/c1ccc([N+](=O)[O-])cc1. The monoisotopic (exact) mass is 320 g/mol. The third-order valence-electron chi connectivity index (χ3n) is 3.25. The quantitative estimate of drug-likeness (QED) is 0.360. The van der Waals surface area contributed by atoms with Crippen molar-refractivity contribution in [1.82, 2.24) is 5.32 Å². The van der Waals surface area contributed by atoms with Gasteiger partial charge >= 0.3 is 5.97 Å². The van der Waals surface area contributed by atoms with Crippen LogP contribution >= 0.6 is 0 Å². The fourth-order valence-electron chi connectivity index (χ4n) is 1.52. The summed E-state index contributed by atoms with van der Waals surface area (Å²) in [5.74, 6) is -0.726. The largest absolute Gasteiger partial charge is 0.452 e. The first kappa shape index (κ1) is 18.3. The molecule has 0 aliphatic carbocycles. The maximum Gasteiger partial charge on any atom is 0.331 e. The van der Waals surface area contributed by atoms with E-state index in [1.807, 2.05) is 20.8 Å². The molecule has 0 bridgehead atoms. The molecule has 1 atom stereocenters. The number of rotatable bonds is 7. The van der Waals surface area contributed by atoms with E-state index in [4.69, 9.17) is 4.74 Å². The van der Waals surface area contributed by atoms with E-state index in [1.54, 1.807) is 0 Å². The number of amides is 1. The lowest BCUT2D eigenvalue weighted by molar-refractivity contribution is -0.384. The van der Waals surface area contributed by atoms with E-state index in [2.05, 4.69) is 5.32 Å². The molecule has 1 amide bonds. The fraction of sp³-hybridized carbons (Fsp3) is 0.375. The van der Waals surface area contributed by atoms with E-state index >= 15 is 0 Å². The second-order valence-electron chi connectivity index (χ2n) is 5.39. The Bertz CT molecular complexity index is 593. The Morgan fingerprint density at radius 3 is 2.39 bits per heavy atom. The topological polar surface area (TPSA) is 98.5 Å². The molecular formula is C16H20N2O5. The Balaban J connectivity index is 2.44. The molecule has 0 unspecified atom stereocenters. The van der Waals surface area contributed by atoms with Crippen molar-refractivity contribution in [2.24, 2.45) is 5.92 Å². The summed E-state index contributed by atoms with van der Waals surface area (Å²) in [5.41, 5.74) is 0.589. The minimum atomic E-state index is -0.657. The Morgan fingerprint density at radius 1 is 1.26 bits per heavy atom. The van der Waals surface area contributed by atoms with Crippen LogP contribution in [-0.2, 0) is 14.3 Å². The van der Waals surface area contributed by atoms with Crippen LogP contribution < -0.4 is 5.32 Å². The molecular weight excluding hydrogens is 300 g/mol. The van der Waals surface area contributed by atoms with Gasteiger partial charge in [-0.1, -0.05) is 13.8 Å². The van der Waals surface area contributed by atoms with E-state index in [0.29, 0.717) is 5.56 Å². The average molecular weight is 320 g/mol. The number of nitrogens with one attached hydrogen (secondary N) is 1. The van der Waals surface area contributed by atoms with Crippen LogP contribution in [0.15, 0.2) is 30.3 Å². The first-order valence-electron chi connectivity index (χ1n) is 7.18. The van der Waals surface area contributed by atoms with Crippen molar-refractivity contribution < 1.29 is 19.2 Å². The highest BCUT2D eigenvalue weighted by molar-refractivity contribution is 5.89. The number of nitrogens with zero attached hydrogens (tertiary/aromatic N) is 1. The Morgan fingerprint density at radius 2 is 1.87 bits per heavy atom. The normalized spacial score (nSPS) is 12.2. The predicted octanol–water partition coefficient (Wildman–Crippen LogP) is 2.31. The molecule has 1 aromatic rings. The van der Waals surface area contributed by atoms with Gasteiger partial charge in [-0.2, -0.15) is 0 Å². The summed E-state index contributed by atoms with van der Waals surface area (Å²) in [5, 5.41) is 13.2. The molecule has 23 heavy (non-hydrogen) atoms. The molecule has 7 heteroatoms. The number of esters is 1. The summed E-state index contributed by atoms with van der Waals surface area (Å²) in [6.07, 6.45) is 2.63. The molecule has 0 aliphatic rings. The first-order chi connectivity index (χ1) is 10.8. The number of nitro benzene ring substituents is 1. The Labute approximate surface area is 134 Å². The molecule has 0 radical (unpaired) electrons. The zero-order valence-electron chi connectivity index (χ0n) is 13.3. The van der Waals surface area contributed by atoms with E-state index in [9.17, 15) is 19.7 Å². The Kier molecular flexibility index (Phi) is 6.92. The lowest BCUT2D eigenvalue weighted by Crippen LogP contribution is -2.38. The summed E-state index contributed by atoms with van der Waals surface area (Å²) in [6, 6.07) is 5.70. The van der Waals surface area contributed by atoms with Crippen LogP contribution in [0.1, 0.15) is 26.3 Å². The van der Waals surface area contributed by atoms with Gasteiger partial charge in [0.15, 0.2) is 6.61 Å². The van der Waals surface area contributed by atoms with Gasteiger partial charge in [0.1, 0.15) is 0 Å². The van der Waals surface area contributed by atoms with Crippen molar-refractivity contribution in [3.05, 3.63) is 46.0 Å². The van der Waals surface area contributed by atoms with Gasteiger partial charge in [0, 0.05) is 24.3 Å². The highest BCUT2D eigenvalue weighted by Crippen LogP contribution is 2.12. The minimum Gasteiger partial charge on any atom is -0.452 e. The van der Waals surface area contributed by atoms with Crippen molar-refractivity contribution in [3.63, 3.8) is 0 Å². The maximum atomic E-state index is 11.6. The van der Waals surface area contributed by atoms with Gasteiger partial charge < -0.3 is 10.1 Å². The third kappa shape index (κ3) is 6.73. The summed E-state index contributed by atoms with van der Waals surface area (Å²) in [4.78, 5) is 33.1. The molecule has 7 nitrogen and oxygen atoms in total. The summed E-state index contributed by atoms with van der Waals surface area (Å²) in [7, 11) is 0. The number of benzene rings is 1. The molecule has 1 aromatic carbocycles. The van der Waals surface area contributed by atoms with Gasteiger partial charge in [-0.25, -0.2) is 4.79 Å². The highest BCUT2D eigenvalue weighted by atomic mass is 16.6. The van der Waals surface area contributed by atoms with Crippen LogP contribution in [0.4, 0.5) is 5.69 Å². The van der Waals surface area contributed by atoms with Gasteiger partial charge in [-0.15, -0.1) is 0 Å². The highest BCUT2D eigenvalue weighted by Gasteiger charge is 2.11. The average Bonchev–Trinajstić information content (AvgIpc) is 2.51. The van der Waals surface area contributed by atoms with Gasteiger partial charge in [0.05, 0.1) is 4.92 Å². The number of hydrogen-bond acceptors (Lipinski definition) is 5. The number of carbonyl (C=O) groups is 2. The van der Waals surface area contributed by atoms with Crippen molar-refractivity contribution in [2.75, 3.05) is 6.61 Å². The van der Waals surface area contributed by atoms with Crippen LogP contribution in [-0.4, -0.2) is 29.4 Å². The molecule has 1 rings (SSSR count). The van der Waals surface area contributed by atoms with Crippen LogP contribution in [0.5, 0.6) is 0 Å². The first-order valence-corrected chi connectivity index (χ1v) is 7.18. The number of carbonyl (C=O) groups excluding carboxylic acids is 2. The zero-order valence-corrected chi connectivity index (χ0v) is 13.3. The predicted molar refractivity (Wildman–Crippen MR) is 85.5 cm³/mol. The van der Waals surface area contributed by atoms with Gasteiger partial charge in [-0.3, -0.25) is 14.9 Å². The van der Waals surface area contributed by atoms with Crippen molar-refractivity contribution in [2.45, 2.75) is 26.8 Å². The second kappa shape index (κ2) is 8.67. The lowest BCUT2D eigenvalue weighted by Gasteiger charge is -2.16. The van der Waals surface area contributed by atoms with Crippen molar-refractivity contribution >= 4 is 23.6 Å². The number of hydrogen-bond donors (Lipinski definition) is 1. The molecule has 0 saturated carbocycles. The van der Waals surface area contributed by atoms with E-state index < -0.39 is 10.9 Å². The molecule has 0 saturated heterocycles. The standard InChI is InChI=1S/C16H20N2O5/c1-11(2)12(3)17-15(19)10-23-16(20)9-6-13-4-7-14(8-5-13)18(21)22/h4-9,11-12H,10H2,1-3H3,(H,17,19)/b9-6+/t12-/m0/s1. The fourth-order valence-corrected chi connectivity index (χ4v) is 1.52. The molecule has 124 valence electrons. The van der Waals surface area contributed by atoms with Gasteiger partial charge in [0.2, 0.25) is 0 Å². The molecule has 0 aliphatic heterocycles. The summed E-state index contributed by atoms with van der Waals surface area (Å²) < 4.78 is 4.82. The molecule has 0 heterocycles. The maximum absolute atomic E-state index is 11.6. The van der Waals surface area contributed by atoms with Crippen molar-refractivity contribution in [1.29, 1.82) is 0 Å². The van der Waals surface area contributed by atoms with Crippen LogP contribution in [0.2, 0.25) is 0 Å². The number of non-ortho nitro benzene ring substituents is 1. The van der Waals surface area contributed by atoms with Crippen LogP contribution in [0.25, 0.3) is 6.08 Å². The third-order valence-corrected chi connectivity index (χ3v) is 3.25. The summed E-state index contributed by atoms with van der Waals surface area (Å²) in [6.45, 7) is 5.48. The second-order valence-corrected chi connectivity index (χ2v) is 5.39. The molecule has 0 aromatic heterocycles. The van der Waals surface area contributed by atoms with Gasteiger partial charge in [-0.05, 0) is 36.6 Å². The lowest BCUT2D eigenvalue weighted by atomic mass is 10.1. The minimum absolute atomic E-state index is 0.00291. The van der Waals surface area contributed by atoms with Crippen LogP contribution in [0.3, 0.4) is 0 Å². The van der Waals surface area contributed by atoms with E-state index in [1.165, 1.54) is 36.4 Å².